The van der Waals surface area contributed by atoms with Crippen LogP contribution >= 0.6 is 24.0 Å². The SMILES string of the molecule is CCNC(=NCC1(N2CCCCC2)CCN(C)CC1)NCCOCCC(C)C.I. The summed E-state index contributed by atoms with van der Waals surface area (Å²) in [7, 11) is 2.24. The van der Waals surface area contributed by atoms with Gasteiger partial charge < -0.3 is 20.3 Å². The number of guanidine groups is 1. The van der Waals surface area contributed by atoms with E-state index in [-0.39, 0.29) is 29.5 Å². The van der Waals surface area contributed by atoms with Gasteiger partial charge in [-0.05, 0) is 78.2 Å². The van der Waals surface area contributed by atoms with E-state index >= 15 is 0 Å². The summed E-state index contributed by atoms with van der Waals surface area (Å²) in [6.45, 7) is 15.6. The summed E-state index contributed by atoms with van der Waals surface area (Å²) in [5.74, 6) is 1.64. The fourth-order valence-electron chi connectivity index (χ4n) is 4.21. The van der Waals surface area contributed by atoms with Crippen LogP contribution in [0.1, 0.15) is 59.3 Å². The molecule has 2 N–H and O–H groups in total. The van der Waals surface area contributed by atoms with Crippen molar-refractivity contribution in [1.29, 1.82) is 0 Å². The molecule has 7 heteroatoms. The summed E-state index contributed by atoms with van der Waals surface area (Å²) < 4.78 is 5.74. The molecule has 2 aliphatic heterocycles. The summed E-state index contributed by atoms with van der Waals surface area (Å²) in [5, 5.41) is 6.88. The molecule has 29 heavy (non-hydrogen) atoms. The van der Waals surface area contributed by atoms with Crippen molar-refractivity contribution >= 4 is 29.9 Å². The number of piperidine rings is 2. The molecular weight excluding hydrogens is 477 g/mol. The van der Waals surface area contributed by atoms with Gasteiger partial charge in [-0.2, -0.15) is 0 Å². The van der Waals surface area contributed by atoms with Gasteiger partial charge in [0.1, 0.15) is 0 Å². The minimum Gasteiger partial charge on any atom is -0.380 e. The lowest BCUT2D eigenvalue weighted by Gasteiger charge is -2.49. The second-order valence-electron chi connectivity index (χ2n) is 8.99. The fourth-order valence-corrected chi connectivity index (χ4v) is 4.21. The standard InChI is InChI=1S/C22H45N5O.HI/c1-5-23-21(24-12-18-28-17-9-20(2)3)25-19-22(10-15-26(4)16-11-22)27-13-7-6-8-14-27;/h20H,5-19H2,1-4H3,(H2,23,24,25);1H. The predicted octanol–water partition coefficient (Wildman–Crippen LogP) is 3.17. The molecule has 0 spiro atoms. The number of likely N-dealkylation sites (tertiary alicyclic amines) is 2. The molecule has 2 heterocycles. The molecule has 2 aliphatic rings. The Balaban J connectivity index is 0.00000420. The highest BCUT2D eigenvalue weighted by Crippen LogP contribution is 2.31. The van der Waals surface area contributed by atoms with E-state index in [0.29, 0.717) is 5.92 Å². The van der Waals surface area contributed by atoms with Crippen LogP contribution in [0.5, 0.6) is 0 Å². The summed E-state index contributed by atoms with van der Waals surface area (Å²) in [5.41, 5.74) is 0.239. The van der Waals surface area contributed by atoms with Gasteiger partial charge in [0, 0.05) is 25.2 Å². The molecule has 0 saturated carbocycles. The van der Waals surface area contributed by atoms with Gasteiger partial charge in [-0.1, -0.05) is 20.3 Å². The van der Waals surface area contributed by atoms with Gasteiger partial charge in [-0.15, -0.1) is 24.0 Å². The van der Waals surface area contributed by atoms with Crippen LogP contribution in [0.4, 0.5) is 0 Å². The Labute approximate surface area is 196 Å². The smallest absolute Gasteiger partial charge is 0.191 e. The highest BCUT2D eigenvalue weighted by atomic mass is 127. The molecule has 0 unspecified atom stereocenters. The zero-order valence-corrected chi connectivity index (χ0v) is 21.7. The van der Waals surface area contributed by atoms with Crippen LogP contribution in [0.25, 0.3) is 0 Å². The van der Waals surface area contributed by atoms with E-state index in [9.17, 15) is 0 Å². The van der Waals surface area contributed by atoms with Crippen LogP contribution in [0.3, 0.4) is 0 Å². The summed E-state index contributed by atoms with van der Waals surface area (Å²) in [4.78, 5) is 10.3. The second-order valence-corrected chi connectivity index (χ2v) is 8.99. The van der Waals surface area contributed by atoms with Crippen molar-refractivity contribution in [3.63, 3.8) is 0 Å². The molecule has 0 aromatic rings. The Bertz CT molecular complexity index is 446. The zero-order valence-electron chi connectivity index (χ0n) is 19.3. The molecule has 0 aromatic carbocycles. The highest BCUT2D eigenvalue weighted by molar-refractivity contribution is 14.0. The van der Waals surface area contributed by atoms with E-state index in [1.54, 1.807) is 0 Å². The molecule has 172 valence electrons. The lowest BCUT2D eigenvalue weighted by atomic mass is 9.84. The number of nitrogens with one attached hydrogen (secondary N) is 2. The topological polar surface area (TPSA) is 52.1 Å². The molecule has 0 atom stereocenters. The zero-order chi connectivity index (χ0) is 20.2. The van der Waals surface area contributed by atoms with Crippen molar-refractivity contribution in [2.45, 2.75) is 64.8 Å². The van der Waals surface area contributed by atoms with Gasteiger partial charge in [0.15, 0.2) is 5.96 Å². The number of halogens is 1. The molecule has 0 bridgehead atoms. The Morgan fingerprint density at radius 1 is 1.03 bits per heavy atom. The number of ether oxygens (including phenoxy) is 1. The highest BCUT2D eigenvalue weighted by Gasteiger charge is 2.39. The van der Waals surface area contributed by atoms with E-state index in [1.165, 1.54) is 58.3 Å². The van der Waals surface area contributed by atoms with E-state index in [2.05, 4.69) is 48.3 Å². The Kier molecular flexibility index (Phi) is 13.7. The summed E-state index contributed by atoms with van der Waals surface area (Å²) in [6.07, 6.45) is 7.65. The maximum absolute atomic E-state index is 5.74. The third-order valence-electron chi connectivity index (χ3n) is 6.20. The van der Waals surface area contributed by atoms with Crippen molar-refractivity contribution in [2.24, 2.45) is 10.9 Å². The number of aliphatic imine (C=N–C) groups is 1. The van der Waals surface area contributed by atoms with Crippen LogP contribution < -0.4 is 10.6 Å². The normalized spacial score (nSPS) is 21.1. The van der Waals surface area contributed by atoms with Crippen molar-refractivity contribution in [3.05, 3.63) is 0 Å². The monoisotopic (exact) mass is 523 g/mol. The van der Waals surface area contributed by atoms with Gasteiger partial charge in [-0.25, -0.2) is 0 Å². The van der Waals surface area contributed by atoms with E-state index in [4.69, 9.17) is 9.73 Å². The average molecular weight is 524 g/mol. The first kappa shape index (κ1) is 26.9. The Morgan fingerprint density at radius 2 is 1.72 bits per heavy atom. The van der Waals surface area contributed by atoms with Gasteiger partial charge >= 0.3 is 0 Å². The molecule has 0 aliphatic carbocycles. The number of hydrogen-bond donors (Lipinski definition) is 2. The van der Waals surface area contributed by atoms with Crippen LogP contribution in [0.2, 0.25) is 0 Å². The summed E-state index contributed by atoms with van der Waals surface area (Å²) in [6, 6.07) is 0. The fraction of sp³-hybridized carbons (Fsp3) is 0.955. The van der Waals surface area contributed by atoms with Crippen LogP contribution in [0, 0.1) is 5.92 Å². The third kappa shape index (κ3) is 9.70. The first-order chi connectivity index (χ1) is 13.6. The quantitative estimate of drug-likeness (QED) is 0.200. The van der Waals surface area contributed by atoms with E-state index in [1.807, 2.05) is 0 Å². The molecule has 0 radical (unpaired) electrons. The Morgan fingerprint density at radius 3 is 2.34 bits per heavy atom. The number of nitrogens with zero attached hydrogens (tertiary/aromatic N) is 3. The van der Waals surface area contributed by atoms with Crippen molar-refractivity contribution in [3.8, 4) is 0 Å². The molecule has 0 amide bonds. The van der Waals surface area contributed by atoms with Gasteiger partial charge in [0.25, 0.3) is 0 Å². The minimum atomic E-state index is 0. The average Bonchev–Trinajstić information content (AvgIpc) is 2.70. The van der Waals surface area contributed by atoms with E-state index in [0.717, 1.165) is 45.2 Å². The minimum absolute atomic E-state index is 0. The van der Waals surface area contributed by atoms with Crippen molar-refractivity contribution in [1.82, 2.24) is 20.4 Å². The maximum atomic E-state index is 5.74. The van der Waals surface area contributed by atoms with Crippen LogP contribution in [0.15, 0.2) is 4.99 Å². The number of rotatable bonds is 10. The number of hydrogen-bond acceptors (Lipinski definition) is 4. The lowest BCUT2D eigenvalue weighted by molar-refractivity contribution is 0.0208. The van der Waals surface area contributed by atoms with Crippen molar-refractivity contribution < 1.29 is 4.74 Å². The maximum Gasteiger partial charge on any atom is 0.191 e. The van der Waals surface area contributed by atoms with Gasteiger partial charge in [-0.3, -0.25) is 9.89 Å². The van der Waals surface area contributed by atoms with Crippen LogP contribution in [-0.4, -0.2) is 87.4 Å². The molecule has 2 saturated heterocycles. The largest absolute Gasteiger partial charge is 0.380 e. The van der Waals surface area contributed by atoms with Gasteiger partial charge in [0.05, 0.1) is 13.2 Å². The Hall–Kier alpha value is -0.120. The predicted molar refractivity (Wildman–Crippen MR) is 135 cm³/mol. The van der Waals surface area contributed by atoms with Crippen LogP contribution in [-0.2, 0) is 4.74 Å². The van der Waals surface area contributed by atoms with Crippen molar-refractivity contribution in [2.75, 3.05) is 66.1 Å². The summed E-state index contributed by atoms with van der Waals surface area (Å²) >= 11 is 0. The van der Waals surface area contributed by atoms with E-state index < -0.39 is 0 Å². The molecule has 2 rings (SSSR count). The molecular formula is C22H46IN5O. The molecule has 2 fully saturated rings. The van der Waals surface area contributed by atoms with Gasteiger partial charge in [0.2, 0.25) is 0 Å². The molecule has 0 aromatic heterocycles. The second kappa shape index (κ2) is 14.8. The molecule has 6 nitrogen and oxygen atoms in total. The first-order valence-electron chi connectivity index (χ1n) is 11.6. The first-order valence-corrected chi connectivity index (χ1v) is 11.6. The third-order valence-corrected chi connectivity index (χ3v) is 6.20. The lowest BCUT2D eigenvalue weighted by Crippen LogP contribution is -2.58.